The molecule has 4 N–H and O–H groups in total. The Morgan fingerprint density at radius 1 is 1.08 bits per heavy atom. The Kier molecular flexibility index (Phi) is 7.22. The molecule has 4 nitrogen and oxygen atoms in total. The van der Waals surface area contributed by atoms with E-state index in [9.17, 15) is 0 Å². The van der Waals surface area contributed by atoms with Crippen molar-refractivity contribution in [1.29, 1.82) is 0 Å². The van der Waals surface area contributed by atoms with Crippen LogP contribution in [0.3, 0.4) is 0 Å². The van der Waals surface area contributed by atoms with E-state index in [4.69, 9.17) is 26.9 Å². The predicted octanol–water partition coefficient (Wildman–Crippen LogP) is -0.913. The Balaban J connectivity index is 3.88. The fourth-order valence-electron chi connectivity index (χ4n) is 0.739. The van der Waals surface area contributed by atoms with Gasteiger partial charge in [0.2, 0.25) is 0 Å². The summed E-state index contributed by atoms with van der Waals surface area (Å²) < 4.78 is 0. The van der Waals surface area contributed by atoms with Crippen LogP contribution in [0.5, 0.6) is 0 Å². The van der Waals surface area contributed by atoms with Crippen molar-refractivity contribution in [3.05, 3.63) is 12.2 Å². The molecule has 0 aliphatic rings. The molecule has 5 heteroatoms. The van der Waals surface area contributed by atoms with Crippen LogP contribution in [0, 0.1) is 0 Å². The van der Waals surface area contributed by atoms with Crippen molar-refractivity contribution in [2.45, 2.75) is 5.54 Å². The first-order valence-electron chi connectivity index (χ1n) is 4.03. The fraction of sp³-hybridized carbons (Fsp3) is 0.750. The molecule has 0 atom stereocenters. The molecule has 0 aromatic carbocycles. The third-order valence-electron chi connectivity index (χ3n) is 1.76. The molecule has 0 amide bonds. The molecule has 0 unspecified atom stereocenters. The van der Waals surface area contributed by atoms with Gasteiger partial charge in [-0.15, -0.1) is 11.6 Å². The SMILES string of the molecule is OCC(CO)(CO)NC/C=C/CCl. The monoisotopic (exact) mass is 209 g/mol. The van der Waals surface area contributed by atoms with Gasteiger partial charge in [-0.25, -0.2) is 0 Å². The summed E-state index contributed by atoms with van der Waals surface area (Å²) in [5.74, 6) is 0.423. The second-order valence-corrected chi connectivity index (χ2v) is 3.07. The van der Waals surface area contributed by atoms with Crippen LogP contribution in [0.2, 0.25) is 0 Å². The zero-order valence-corrected chi connectivity index (χ0v) is 8.17. The third-order valence-corrected chi connectivity index (χ3v) is 1.94. The lowest BCUT2D eigenvalue weighted by Gasteiger charge is -2.28. The molecular formula is C8H16ClNO3. The first kappa shape index (κ1) is 12.9. The number of aliphatic hydroxyl groups excluding tert-OH is 3. The minimum atomic E-state index is -1.00. The summed E-state index contributed by atoms with van der Waals surface area (Å²) in [6.07, 6.45) is 3.51. The van der Waals surface area contributed by atoms with Gasteiger partial charge in [0.1, 0.15) is 0 Å². The lowest BCUT2D eigenvalue weighted by molar-refractivity contribution is 0.0452. The maximum atomic E-state index is 8.90. The van der Waals surface area contributed by atoms with E-state index < -0.39 is 5.54 Å². The number of allylic oxidation sites excluding steroid dienone is 1. The van der Waals surface area contributed by atoms with Gasteiger partial charge in [-0.05, 0) is 0 Å². The summed E-state index contributed by atoms with van der Waals surface area (Å²) in [5, 5.41) is 29.5. The van der Waals surface area contributed by atoms with Crippen molar-refractivity contribution in [2.75, 3.05) is 32.2 Å². The highest BCUT2D eigenvalue weighted by molar-refractivity contribution is 6.18. The Morgan fingerprint density at radius 3 is 2.00 bits per heavy atom. The van der Waals surface area contributed by atoms with Crippen molar-refractivity contribution >= 4 is 11.6 Å². The number of rotatable bonds is 7. The molecule has 0 radical (unpaired) electrons. The number of halogens is 1. The van der Waals surface area contributed by atoms with Crippen molar-refractivity contribution in [2.24, 2.45) is 0 Å². The number of hydrogen-bond donors (Lipinski definition) is 4. The Bertz CT molecular complexity index is 140. The molecule has 0 rings (SSSR count). The summed E-state index contributed by atoms with van der Waals surface area (Å²) in [4.78, 5) is 0. The summed E-state index contributed by atoms with van der Waals surface area (Å²) in [6.45, 7) is -0.480. The van der Waals surface area contributed by atoms with Gasteiger partial charge < -0.3 is 20.6 Å². The van der Waals surface area contributed by atoms with Gasteiger partial charge in [0.15, 0.2) is 0 Å². The molecule has 0 aromatic heterocycles. The quantitative estimate of drug-likeness (QED) is 0.324. The number of hydrogen-bond acceptors (Lipinski definition) is 4. The number of alkyl halides is 1. The maximum Gasteiger partial charge on any atom is 0.0884 e. The van der Waals surface area contributed by atoms with Crippen molar-refractivity contribution in [3.8, 4) is 0 Å². The Hall–Kier alpha value is -0.130. The van der Waals surface area contributed by atoms with E-state index in [0.29, 0.717) is 12.4 Å². The molecule has 0 aromatic rings. The van der Waals surface area contributed by atoms with Crippen LogP contribution in [0.25, 0.3) is 0 Å². The van der Waals surface area contributed by atoms with Gasteiger partial charge in [-0.1, -0.05) is 12.2 Å². The molecule has 0 saturated heterocycles. The van der Waals surface area contributed by atoms with E-state index in [2.05, 4.69) is 5.32 Å². The van der Waals surface area contributed by atoms with Crippen LogP contribution >= 0.6 is 11.6 Å². The fourth-order valence-corrected chi connectivity index (χ4v) is 0.865. The molecule has 13 heavy (non-hydrogen) atoms. The van der Waals surface area contributed by atoms with E-state index in [1.807, 2.05) is 0 Å². The van der Waals surface area contributed by atoms with Crippen LogP contribution in [0.1, 0.15) is 0 Å². The van der Waals surface area contributed by atoms with Crippen LogP contribution in [0.15, 0.2) is 12.2 Å². The summed E-state index contributed by atoms with van der Waals surface area (Å²) in [7, 11) is 0. The van der Waals surface area contributed by atoms with Gasteiger partial charge >= 0.3 is 0 Å². The molecule has 0 aliphatic carbocycles. The Morgan fingerprint density at radius 2 is 1.62 bits per heavy atom. The zero-order valence-electron chi connectivity index (χ0n) is 7.41. The van der Waals surface area contributed by atoms with Crippen molar-refractivity contribution < 1.29 is 15.3 Å². The van der Waals surface area contributed by atoms with Gasteiger partial charge in [0.25, 0.3) is 0 Å². The maximum absolute atomic E-state index is 8.90. The second-order valence-electron chi connectivity index (χ2n) is 2.76. The molecule has 0 heterocycles. The molecule has 0 spiro atoms. The highest BCUT2D eigenvalue weighted by atomic mass is 35.5. The number of aliphatic hydroxyl groups is 3. The Labute approximate surface area is 82.8 Å². The average molecular weight is 210 g/mol. The van der Waals surface area contributed by atoms with E-state index in [1.54, 1.807) is 12.2 Å². The highest BCUT2D eigenvalue weighted by Crippen LogP contribution is 2.00. The topological polar surface area (TPSA) is 72.7 Å². The van der Waals surface area contributed by atoms with Crippen molar-refractivity contribution in [3.63, 3.8) is 0 Å². The van der Waals surface area contributed by atoms with Crippen LogP contribution < -0.4 is 5.32 Å². The molecule has 0 aliphatic heterocycles. The first-order valence-corrected chi connectivity index (χ1v) is 4.56. The normalized spacial score (nSPS) is 12.6. The molecule has 0 bridgehead atoms. The lowest BCUT2D eigenvalue weighted by atomic mass is 10.0. The van der Waals surface area contributed by atoms with E-state index >= 15 is 0 Å². The van der Waals surface area contributed by atoms with Gasteiger partial charge in [0, 0.05) is 12.4 Å². The summed E-state index contributed by atoms with van der Waals surface area (Å²) >= 11 is 5.39. The first-order chi connectivity index (χ1) is 6.24. The van der Waals surface area contributed by atoms with E-state index in [1.165, 1.54) is 0 Å². The largest absolute Gasteiger partial charge is 0.394 e. The number of nitrogens with one attached hydrogen (secondary N) is 1. The van der Waals surface area contributed by atoms with E-state index in [-0.39, 0.29) is 19.8 Å². The van der Waals surface area contributed by atoms with Crippen LogP contribution in [-0.2, 0) is 0 Å². The minimum Gasteiger partial charge on any atom is -0.394 e. The predicted molar refractivity (Wildman–Crippen MR) is 51.9 cm³/mol. The summed E-state index contributed by atoms with van der Waals surface area (Å²) in [5.41, 5.74) is -1.00. The minimum absolute atomic E-state index is 0.311. The standard InChI is InChI=1S/C8H16ClNO3/c9-3-1-2-4-10-8(5-11,6-12)7-13/h1-2,10-13H,3-7H2/b2-1+. The van der Waals surface area contributed by atoms with E-state index in [0.717, 1.165) is 0 Å². The van der Waals surface area contributed by atoms with Gasteiger partial charge in [0.05, 0.1) is 25.4 Å². The second kappa shape index (κ2) is 7.29. The van der Waals surface area contributed by atoms with Crippen molar-refractivity contribution in [1.82, 2.24) is 5.32 Å². The van der Waals surface area contributed by atoms with Gasteiger partial charge in [-0.2, -0.15) is 0 Å². The average Bonchev–Trinajstić information content (AvgIpc) is 2.20. The highest BCUT2D eigenvalue weighted by Gasteiger charge is 2.26. The van der Waals surface area contributed by atoms with Crippen LogP contribution in [-0.4, -0.2) is 53.1 Å². The molecule has 0 fully saturated rings. The van der Waals surface area contributed by atoms with Crippen LogP contribution in [0.4, 0.5) is 0 Å². The third kappa shape index (κ3) is 4.59. The smallest absolute Gasteiger partial charge is 0.0884 e. The van der Waals surface area contributed by atoms with Gasteiger partial charge in [-0.3, -0.25) is 0 Å². The lowest BCUT2D eigenvalue weighted by Crippen LogP contribution is -2.54. The zero-order chi connectivity index (χ0) is 10.2. The summed E-state index contributed by atoms with van der Waals surface area (Å²) in [6, 6.07) is 0. The molecule has 0 saturated carbocycles. The molecule has 78 valence electrons. The molecular weight excluding hydrogens is 194 g/mol.